The summed E-state index contributed by atoms with van der Waals surface area (Å²) in [7, 11) is 0. The molecule has 0 spiro atoms. The Morgan fingerprint density at radius 1 is 0.889 bits per heavy atom. The molecule has 9 N–H and O–H groups in total. The largest absolute Gasteiger partial charge is 0.480 e. The van der Waals surface area contributed by atoms with Crippen LogP contribution in [0.5, 0.6) is 0 Å². The van der Waals surface area contributed by atoms with Crippen molar-refractivity contribution >= 4 is 23.7 Å². The van der Waals surface area contributed by atoms with Gasteiger partial charge in [0.2, 0.25) is 17.7 Å². The summed E-state index contributed by atoms with van der Waals surface area (Å²) in [6.07, 6.45) is 0.664. The number of carbonyl (C=O) groups is 4. The Morgan fingerprint density at radius 3 is 2.00 bits per heavy atom. The summed E-state index contributed by atoms with van der Waals surface area (Å²) in [5, 5.41) is 26.6. The van der Waals surface area contributed by atoms with Gasteiger partial charge in [0, 0.05) is 0 Å². The first-order valence-corrected chi connectivity index (χ1v) is 12.3. The van der Waals surface area contributed by atoms with Gasteiger partial charge >= 0.3 is 5.97 Å². The highest BCUT2D eigenvalue weighted by molar-refractivity contribution is 5.94. The van der Waals surface area contributed by atoms with Gasteiger partial charge in [-0.05, 0) is 57.1 Å². The number of nitrogens with two attached hydrogens (primary N) is 2. The monoisotopic (exact) mass is 507 g/mol. The molecule has 5 unspecified atom stereocenters. The molecule has 1 aromatic carbocycles. The van der Waals surface area contributed by atoms with E-state index < -0.39 is 54.0 Å². The van der Waals surface area contributed by atoms with Gasteiger partial charge in [0.1, 0.15) is 12.1 Å². The number of amides is 3. The fraction of sp³-hybridized carbons (Fsp3) is 0.600. The van der Waals surface area contributed by atoms with Gasteiger partial charge in [0.25, 0.3) is 0 Å². The van der Waals surface area contributed by atoms with Crippen LogP contribution in [0.4, 0.5) is 0 Å². The summed E-state index contributed by atoms with van der Waals surface area (Å²) in [6, 6.07) is 4.82. The summed E-state index contributed by atoms with van der Waals surface area (Å²) in [6.45, 7) is 5.36. The van der Waals surface area contributed by atoms with E-state index in [0.29, 0.717) is 19.4 Å². The number of aliphatic hydroxyl groups excluding tert-OH is 1. The minimum atomic E-state index is -1.53. The van der Waals surface area contributed by atoms with Crippen LogP contribution in [-0.2, 0) is 25.6 Å². The zero-order chi connectivity index (χ0) is 27.3. The third-order valence-electron chi connectivity index (χ3n) is 5.60. The molecule has 0 fully saturated rings. The molecule has 11 heteroatoms. The summed E-state index contributed by atoms with van der Waals surface area (Å²) < 4.78 is 0. The molecule has 1 rings (SSSR count). The molecule has 0 saturated heterocycles. The fourth-order valence-corrected chi connectivity index (χ4v) is 3.62. The number of unbranched alkanes of at least 4 members (excludes halogenated alkanes) is 1. The lowest BCUT2D eigenvalue weighted by Gasteiger charge is -2.26. The first-order valence-electron chi connectivity index (χ1n) is 12.3. The molecule has 5 atom stereocenters. The lowest BCUT2D eigenvalue weighted by atomic mass is 10.0. The standard InChI is InChI=1S/C25H41N5O6/c1-15(2)13-20(24(34)30-21(16(3)31)25(35)36)29-23(33)19(11-7-8-12-26)28-22(32)18(27)14-17-9-5-4-6-10-17/h4-6,9-10,15-16,18-21,31H,7-8,11-14,26-27H2,1-3H3,(H,28,32)(H,29,33)(H,30,34)(H,35,36). The number of carbonyl (C=O) groups excluding carboxylic acids is 3. The molecule has 0 bridgehead atoms. The van der Waals surface area contributed by atoms with Crippen molar-refractivity contribution < 1.29 is 29.4 Å². The first-order chi connectivity index (χ1) is 17.0. The lowest BCUT2D eigenvalue weighted by Crippen LogP contribution is -2.58. The maximum atomic E-state index is 13.2. The molecule has 0 heterocycles. The van der Waals surface area contributed by atoms with Crippen molar-refractivity contribution in [1.82, 2.24) is 16.0 Å². The zero-order valence-corrected chi connectivity index (χ0v) is 21.3. The van der Waals surface area contributed by atoms with Crippen molar-refractivity contribution in [2.24, 2.45) is 17.4 Å². The average molecular weight is 508 g/mol. The third kappa shape index (κ3) is 11.1. The van der Waals surface area contributed by atoms with Crippen LogP contribution < -0.4 is 27.4 Å². The van der Waals surface area contributed by atoms with Gasteiger partial charge in [-0.25, -0.2) is 4.79 Å². The second-order valence-electron chi connectivity index (χ2n) is 9.40. The highest BCUT2D eigenvalue weighted by atomic mass is 16.4. The molecule has 0 saturated carbocycles. The molecular weight excluding hydrogens is 466 g/mol. The molecule has 0 radical (unpaired) electrons. The molecule has 3 amide bonds. The molecule has 0 aromatic heterocycles. The zero-order valence-electron chi connectivity index (χ0n) is 21.3. The number of nitrogens with one attached hydrogen (secondary N) is 3. The Labute approximate surface area is 212 Å². The van der Waals surface area contributed by atoms with Crippen molar-refractivity contribution in [2.75, 3.05) is 6.54 Å². The number of benzene rings is 1. The quantitative estimate of drug-likeness (QED) is 0.147. The van der Waals surface area contributed by atoms with Gasteiger partial charge in [-0.1, -0.05) is 44.2 Å². The van der Waals surface area contributed by atoms with Gasteiger partial charge in [0.05, 0.1) is 12.1 Å². The predicted molar refractivity (Wildman–Crippen MR) is 136 cm³/mol. The van der Waals surface area contributed by atoms with E-state index in [1.165, 1.54) is 6.92 Å². The minimum Gasteiger partial charge on any atom is -0.480 e. The smallest absolute Gasteiger partial charge is 0.328 e. The van der Waals surface area contributed by atoms with E-state index in [1.807, 2.05) is 44.2 Å². The molecular formula is C25H41N5O6. The third-order valence-corrected chi connectivity index (χ3v) is 5.60. The summed E-state index contributed by atoms with van der Waals surface area (Å²) in [4.78, 5) is 50.1. The molecule has 0 aliphatic rings. The number of hydrogen-bond acceptors (Lipinski definition) is 7. The van der Waals surface area contributed by atoms with Gasteiger partial charge in [-0.15, -0.1) is 0 Å². The Kier molecular flexibility index (Phi) is 13.7. The normalized spacial score (nSPS) is 15.3. The van der Waals surface area contributed by atoms with E-state index in [2.05, 4.69) is 16.0 Å². The van der Waals surface area contributed by atoms with E-state index in [1.54, 1.807) is 0 Å². The van der Waals surface area contributed by atoms with Gasteiger partial charge in [-0.3, -0.25) is 14.4 Å². The van der Waals surface area contributed by atoms with Crippen molar-refractivity contribution in [3.63, 3.8) is 0 Å². The van der Waals surface area contributed by atoms with Crippen LogP contribution in [-0.4, -0.2) is 70.7 Å². The molecule has 0 aliphatic carbocycles. The first kappa shape index (κ1) is 31.0. The number of carboxylic acid groups (broad SMARTS) is 1. The fourth-order valence-electron chi connectivity index (χ4n) is 3.62. The Hall–Kier alpha value is -3.02. The second-order valence-corrected chi connectivity index (χ2v) is 9.40. The minimum absolute atomic E-state index is 0.0135. The molecule has 36 heavy (non-hydrogen) atoms. The van der Waals surface area contributed by atoms with Crippen molar-refractivity contribution in [1.29, 1.82) is 0 Å². The summed E-state index contributed by atoms with van der Waals surface area (Å²) in [5.74, 6) is -3.24. The van der Waals surface area contributed by atoms with Gasteiger partial charge in [0.15, 0.2) is 6.04 Å². The van der Waals surface area contributed by atoms with E-state index in [0.717, 1.165) is 5.56 Å². The number of hydrogen-bond donors (Lipinski definition) is 7. The number of aliphatic carboxylic acids is 1. The molecule has 1 aromatic rings. The van der Waals surface area contributed by atoms with E-state index >= 15 is 0 Å². The van der Waals surface area contributed by atoms with Crippen LogP contribution in [0.15, 0.2) is 30.3 Å². The topological polar surface area (TPSA) is 197 Å². The highest BCUT2D eigenvalue weighted by Gasteiger charge is 2.32. The predicted octanol–water partition coefficient (Wildman–Crippen LogP) is -0.349. The Balaban J connectivity index is 2.96. The van der Waals surface area contributed by atoms with E-state index in [9.17, 15) is 29.4 Å². The SMILES string of the molecule is CC(C)CC(NC(=O)C(CCCCN)NC(=O)C(N)Cc1ccccc1)C(=O)NC(C(=O)O)C(C)O. The molecule has 11 nitrogen and oxygen atoms in total. The maximum absolute atomic E-state index is 13.2. The Morgan fingerprint density at radius 2 is 1.47 bits per heavy atom. The van der Waals surface area contributed by atoms with Crippen LogP contribution in [0.3, 0.4) is 0 Å². The number of carboxylic acids is 1. The van der Waals surface area contributed by atoms with Crippen LogP contribution in [0.25, 0.3) is 0 Å². The average Bonchev–Trinajstić information content (AvgIpc) is 2.81. The van der Waals surface area contributed by atoms with Gasteiger partial charge < -0.3 is 37.6 Å². The lowest BCUT2D eigenvalue weighted by molar-refractivity contribution is -0.145. The maximum Gasteiger partial charge on any atom is 0.328 e. The molecule has 0 aliphatic heterocycles. The van der Waals surface area contributed by atoms with E-state index in [4.69, 9.17) is 11.5 Å². The molecule has 202 valence electrons. The van der Waals surface area contributed by atoms with Crippen LogP contribution in [0.2, 0.25) is 0 Å². The van der Waals surface area contributed by atoms with Crippen LogP contribution in [0, 0.1) is 5.92 Å². The summed E-state index contributed by atoms with van der Waals surface area (Å²) >= 11 is 0. The summed E-state index contributed by atoms with van der Waals surface area (Å²) in [5.41, 5.74) is 12.5. The second kappa shape index (κ2) is 15.9. The van der Waals surface area contributed by atoms with Crippen LogP contribution in [0.1, 0.15) is 52.0 Å². The van der Waals surface area contributed by atoms with Crippen molar-refractivity contribution in [3.05, 3.63) is 35.9 Å². The number of rotatable bonds is 16. The van der Waals surface area contributed by atoms with Gasteiger partial charge in [-0.2, -0.15) is 0 Å². The highest BCUT2D eigenvalue weighted by Crippen LogP contribution is 2.09. The van der Waals surface area contributed by atoms with E-state index in [-0.39, 0.29) is 25.2 Å². The van der Waals surface area contributed by atoms with Crippen molar-refractivity contribution in [2.45, 2.75) is 83.1 Å². The van der Waals surface area contributed by atoms with Crippen LogP contribution >= 0.6 is 0 Å². The van der Waals surface area contributed by atoms with Crippen molar-refractivity contribution in [3.8, 4) is 0 Å². The number of aliphatic hydroxyl groups is 1. The Bertz CT molecular complexity index is 849.